The molecule has 3 aromatic carbocycles. The number of nitrogens with zero attached hydrogens (tertiary/aromatic N) is 2. The van der Waals surface area contributed by atoms with Gasteiger partial charge in [0.1, 0.15) is 5.75 Å². The molecule has 2 heterocycles. The number of ether oxygens (including phenoxy) is 1. The SMILES string of the molecule is COc1ccc(Cn2cc([C@H](CC(=O)NCCc3ccccn3)Cc3ccccc3)c3ccccc32)cc1. The van der Waals surface area contributed by atoms with E-state index in [1.165, 1.54) is 27.6 Å². The second-order valence-corrected chi connectivity index (χ2v) is 9.59. The zero-order valence-electron chi connectivity index (χ0n) is 21.7. The van der Waals surface area contributed by atoms with Crippen LogP contribution in [0.2, 0.25) is 0 Å². The van der Waals surface area contributed by atoms with Gasteiger partial charge in [-0.2, -0.15) is 0 Å². The van der Waals surface area contributed by atoms with Crippen molar-refractivity contribution in [3.8, 4) is 5.75 Å². The van der Waals surface area contributed by atoms with Crippen molar-refractivity contribution in [2.75, 3.05) is 13.7 Å². The van der Waals surface area contributed by atoms with Crippen molar-refractivity contribution < 1.29 is 9.53 Å². The zero-order valence-corrected chi connectivity index (χ0v) is 21.7. The van der Waals surface area contributed by atoms with E-state index in [0.717, 1.165) is 30.8 Å². The molecule has 0 unspecified atom stereocenters. The van der Waals surface area contributed by atoms with Gasteiger partial charge in [0.15, 0.2) is 0 Å². The third-order valence-corrected chi connectivity index (χ3v) is 6.96. The highest BCUT2D eigenvalue weighted by Crippen LogP contribution is 2.33. The van der Waals surface area contributed by atoms with Crippen LogP contribution in [0.4, 0.5) is 0 Å². The minimum Gasteiger partial charge on any atom is -0.497 e. The Hall–Kier alpha value is -4.38. The summed E-state index contributed by atoms with van der Waals surface area (Å²) in [5.74, 6) is 0.965. The van der Waals surface area contributed by atoms with E-state index in [0.29, 0.717) is 13.0 Å². The molecule has 192 valence electrons. The van der Waals surface area contributed by atoms with Gasteiger partial charge in [-0.3, -0.25) is 9.78 Å². The Balaban J connectivity index is 1.39. The molecule has 5 heteroatoms. The molecule has 1 atom stereocenters. The highest BCUT2D eigenvalue weighted by molar-refractivity contribution is 5.86. The Labute approximate surface area is 224 Å². The first-order chi connectivity index (χ1) is 18.7. The van der Waals surface area contributed by atoms with Crippen LogP contribution in [-0.4, -0.2) is 29.1 Å². The van der Waals surface area contributed by atoms with E-state index < -0.39 is 0 Å². The number of hydrogen-bond acceptors (Lipinski definition) is 3. The average Bonchev–Trinajstić information content (AvgIpc) is 3.32. The number of carbonyl (C=O) groups excluding carboxylic acids is 1. The molecule has 5 rings (SSSR count). The van der Waals surface area contributed by atoms with E-state index in [4.69, 9.17) is 4.74 Å². The number of carbonyl (C=O) groups is 1. The Morgan fingerprint density at radius 3 is 2.42 bits per heavy atom. The standard InChI is InChI=1S/C33H33N3O2/c1-38-29-16-14-26(15-17-29)23-36-24-31(30-12-5-6-13-32(30)36)27(21-25-9-3-2-4-10-25)22-33(37)35-20-18-28-11-7-8-19-34-28/h2-17,19,24,27H,18,20-23H2,1H3,(H,35,37)/t27-/m0/s1. The molecule has 38 heavy (non-hydrogen) atoms. The van der Waals surface area contributed by atoms with Crippen LogP contribution in [0.5, 0.6) is 5.75 Å². The van der Waals surface area contributed by atoms with Gasteiger partial charge in [0, 0.05) is 54.9 Å². The van der Waals surface area contributed by atoms with Gasteiger partial charge < -0.3 is 14.6 Å². The molecule has 0 radical (unpaired) electrons. The van der Waals surface area contributed by atoms with Gasteiger partial charge in [0.2, 0.25) is 5.91 Å². The number of nitrogens with one attached hydrogen (secondary N) is 1. The van der Waals surface area contributed by atoms with Crippen LogP contribution < -0.4 is 10.1 Å². The first-order valence-corrected chi connectivity index (χ1v) is 13.1. The van der Waals surface area contributed by atoms with Crippen molar-refractivity contribution in [3.63, 3.8) is 0 Å². The van der Waals surface area contributed by atoms with Gasteiger partial charge in [0.05, 0.1) is 7.11 Å². The third kappa shape index (κ3) is 6.30. The molecule has 0 aliphatic carbocycles. The van der Waals surface area contributed by atoms with Crippen molar-refractivity contribution in [3.05, 3.63) is 132 Å². The number of fused-ring (bicyclic) bond motifs is 1. The van der Waals surface area contributed by atoms with Crippen molar-refractivity contribution in [2.45, 2.75) is 31.7 Å². The van der Waals surface area contributed by atoms with Crippen LogP contribution in [0, 0.1) is 0 Å². The Kier molecular flexibility index (Phi) is 8.14. The van der Waals surface area contributed by atoms with E-state index in [1.807, 2.05) is 36.4 Å². The van der Waals surface area contributed by atoms with Gasteiger partial charge in [0.25, 0.3) is 0 Å². The molecule has 5 nitrogen and oxygen atoms in total. The normalized spacial score (nSPS) is 11.8. The fraction of sp³-hybridized carbons (Fsp3) is 0.212. The summed E-state index contributed by atoms with van der Waals surface area (Å²) in [5.41, 5.74) is 5.79. The summed E-state index contributed by atoms with van der Waals surface area (Å²) in [6, 6.07) is 33.0. The Morgan fingerprint density at radius 2 is 1.66 bits per heavy atom. The van der Waals surface area contributed by atoms with Gasteiger partial charge in [-0.1, -0.05) is 66.7 Å². The first-order valence-electron chi connectivity index (χ1n) is 13.1. The molecule has 0 spiro atoms. The summed E-state index contributed by atoms with van der Waals surface area (Å²) in [4.78, 5) is 17.5. The number of aromatic nitrogens is 2. The molecule has 0 fully saturated rings. The molecule has 0 bridgehead atoms. The van der Waals surface area contributed by atoms with Crippen LogP contribution in [0.3, 0.4) is 0 Å². The van der Waals surface area contributed by atoms with Crippen molar-refractivity contribution >= 4 is 16.8 Å². The summed E-state index contributed by atoms with van der Waals surface area (Å²) < 4.78 is 7.62. The smallest absolute Gasteiger partial charge is 0.220 e. The maximum Gasteiger partial charge on any atom is 0.220 e. The Bertz CT molecular complexity index is 1460. The lowest BCUT2D eigenvalue weighted by molar-refractivity contribution is -0.121. The summed E-state index contributed by atoms with van der Waals surface area (Å²) >= 11 is 0. The molecule has 1 amide bonds. The summed E-state index contributed by atoms with van der Waals surface area (Å²) in [6.45, 7) is 1.33. The number of benzene rings is 3. The highest BCUT2D eigenvalue weighted by Gasteiger charge is 2.21. The molecule has 2 aromatic heterocycles. The van der Waals surface area contributed by atoms with Crippen LogP contribution in [0.1, 0.15) is 34.7 Å². The Morgan fingerprint density at radius 1 is 0.895 bits per heavy atom. The molecule has 0 aliphatic rings. The number of para-hydroxylation sites is 1. The molecule has 1 N–H and O–H groups in total. The molecular weight excluding hydrogens is 470 g/mol. The number of rotatable bonds is 11. The fourth-order valence-corrected chi connectivity index (χ4v) is 5.02. The lowest BCUT2D eigenvalue weighted by Gasteiger charge is -2.17. The second kappa shape index (κ2) is 12.2. The second-order valence-electron chi connectivity index (χ2n) is 9.59. The van der Waals surface area contributed by atoms with Gasteiger partial charge in [-0.15, -0.1) is 0 Å². The molecular formula is C33H33N3O2. The number of methoxy groups -OCH3 is 1. The summed E-state index contributed by atoms with van der Waals surface area (Å²) in [5, 5.41) is 4.32. The van der Waals surface area contributed by atoms with Crippen molar-refractivity contribution in [1.29, 1.82) is 0 Å². The number of amides is 1. The average molecular weight is 504 g/mol. The van der Waals surface area contributed by atoms with Gasteiger partial charge in [-0.05, 0) is 59.4 Å². The van der Waals surface area contributed by atoms with Crippen LogP contribution >= 0.6 is 0 Å². The van der Waals surface area contributed by atoms with E-state index in [-0.39, 0.29) is 11.8 Å². The first kappa shape index (κ1) is 25.3. The van der Waals surface area contributed by atoms with E-state index >= 15 is 0 Å². The van der Waals surface area contributed by atoms with Gasteiger partial charge in [-0.25, -0.2) is 0 Å². The lowest BCUT2D eigenvalue weighted by atomic mass is 9.88. The van der Waals surface area contributed by atoms with Crippen LogP contribution in [-0.2, 0) is 24.2 Å². The van der Waals surface area contributed by atoms with Crippen molar-refractivity contribution in [2.24, 2.45) is 0 Å². The maximum absolute atomic E-state index is 13.2. The fourth-order valence-electron chi connectivity index (χ4n) is 5.02. The maximum atomic E-state index is 13.2. The monoisotopic (exact) mass is 503 g/mol. The molecule has 0 saturated heterocycles. The van der Waals surface area contributed by atoms with E-state index in [2.05, 4.69) is 81.7 Å². The highest BCUT2D eigenvalue weighted by atomic mass is 16.5. The van der Waals surface area contributed by atoms with Crippen LogP contribution in [0.25, 0.3) is 10.9 Å². The molecule has 0 aliphatic heterocycles. The largest absolute Gasteiger partial charge is 0.497 e. The van der Waals surface area contributed by atoms with E-state index in [9.17, 15) is 4.79 Å². The predicted molar refractivity (Wildman–Crippen MR) is 152 cm³/mol. The summed E-state index contributed by atoms with van der Waals surface area (Å²) in [6.07, 6.45) is 5.97. The lowest BCUT2D eigenvalue weighted by Crippen LogP contribution is -2.27. The number of pyridine rings is 1. The van der Waals surface area contributed by atoms with Crippen molar-refractivity contribution in [1.82, 2.24) is 14.9 Å². The summed E-state index contributed by atoms with van der Waals surface area (Å²) in [7, 11) is 1.68. The molecule has 5 aromatic rings. The van der Waals surface area contributed by atoms with E-state index in [1.54, 1.807) is 13.3 Å². The minimum absolute atomic E-state index is 0.0502. The third-order valence-electron chi connectivity index (χ3n) is 6.96. The zero-order chi connectivity index (χ0) is 26.2. The predicted octanol–water partition coefficient (Wildman–Crippen LogP) is 6.17. The van der Waals surface area contributed by atoms with Crippen LogP contribution in [0.15, 0.2) is 109 Å². The minimum atomic E-state index is 0.0502. The topological polar surface area (TPSA) is 56.1 Å². The quantitative estimate of drug-likeness (QED) is 0.235. The van der Waals surface area contributed by atoms with Gasteiger partial charge >= 0.3 is 0 Å². The molecule has 0 saturated carbocycles. The number of hydrogen-bond donors (Lipinski definition) is 1.